The van der Waals surface area contributed by atoms with E-state index in [4.69, 9.17) is 9.47 Å². The average molecular weight is 340 g/mol. The highest BCUT2D eigenvalue weighted by Gasteiger charge is 2.25. The maximum absolute atomic E-state index is 6.35. The summed E-state index contributed by atoms with van der Waals surface area (Å²) in [4.78, 5) is 0. The number of ether oxygens (including phenoxy) is 2. The second kappa shape index (κ2) is 7.03. The van der Waals surface area contributed by atoms with Crippen molar-refractivity contribution in [1.82, 2.24) is 5.32 Å². The standard InChI is InChI=1S/C16H22BrNO2/c17-13-3-1-2-12(10-13)16(11-18-14-4-5-14)20-15-6-8-19-9-7-15/h1-3,10,14-16,18H,4-9,11H2. The van der Waals surface area contributed by atoms with E-state index < -0.39 is 0 Å². The van der Waals surface area contributed by atoms with Crippen molar-refractivity contribution in [3.63, 3.8) is 0 Å². The Labute approximate surface area is 129 Å². The largest absolute Gasteiger partial charge is 0.381 e. The molecule has 4 heteroatoms. The predicted octanol–water partition coefficient (Wildman–Crippen LogP) is 3.44. The molecule has 1 aliphatic carbocycles. The summed E-state index contributed by atoms with van der Waals surface area (Å²) in [5.41, 5.74) is 1.25. The van der Waals surface area contributed by atoms with Crippen LogP contribution in [0.5, 0.6) is 0 Å². The number of nitrogens with one attached hydrogen (secondary N) is 1. The summed E-state index contributed by atoms with van der Waals surface area (Å²) in [5.74, 6) is 0. The van der Waals surface area contributed by atoms with Gasteiger partial charge in [-0.05, 0) is 43.4 Å². The van der Waals surface area contributed by atoms with Crippen LogP contribution in [0, 0.1) is 0 Å². The Morgan fingerprint density at radius 3 is 2.75 bits per heavy atom. The van der Waals surface area contributed by atoms with Crippen molar-refractivity contribution in [1.29, 1.82) is 0 Å². The van der Waals surface area contributed by atoms with Crippen molar-refractivity contribution >= 4 is 15.9 Å². The quantitative estimate of drug-likeness (QED) is 0.861. The van der Waals surface area contributed by atoms with Gasteiger partial charge in [0.15, 0.2) is 0 Å². The second-order valence-corrected chi connectivity index (χ2v) is 6.59. The lowest BCUT2D eigenvalue weighted by molar-refractivity contribution is -0.0690. The van der Waals surface area contributed by atoms with Crippen LogP contribution in [-0.2, 0) is 9.47 Å². The molecule has 3 nitrogen and oxygen atoms in total. The molecule has 0 amide bonds. The summed E-state index contributed by atoms with van der Waals surface area (Å²) in [6.07, 6.45) is 5.09. The molecule has 1 saturated carbocycles. The van der Waals surface area contributed by atoms with Crippen LogP contribution in [0.25, 0.3) is 0 Å². The highest BCUT2D eigenvalue weighted by molar-refractivity contribution is 9.10. The Bertz CT molecular complexity index is 430. The third-order valence-corrected chi connectivity index (χ3v) is 4.41. The molecule has 110 valence electrons. The topological polar surface area (TPSA) is 30.5 Å². The van der Waals surface area contributed by atoms with E-state index in [1.165, 1.54) is 18.4 Å². The fourth-order valence-electron chi connectivity index (χ4n) is 2.56. The molecule has 3 rings (SSSR count). The highest BCUT2D eigenvalue weighted by Crippen LogP contribution is 2.27. The van der Waals surface area contributed by atoms with Crippen molar-refractivity contribution < 1.29 is 9.47 Å². The Morgan fingerprint density at radius 1 is 1.25 bits per heavy atom. The normalized spacial score (nSPS) is 21.9. The zero-order valence-electron chi connectivity index (χ0n) is 11.7. The van der Waals surface area contributed by atoms with E-state index in [1.807, 2.05) is 0 Å². The summed E-state index contributed by atoms with van der Waals surface area (Å²) < 4.78 is 12.9. The number of hydrogen-bond acceptors (Lipinski definition) is 3. The van der Waals surface area contributed by atoms with Gasteiger partial charge in [-0.2, -0.15) is 0 Å². The van der Waals surface area contributed by atoms with Gasteiger partial charge in [-0.25, -0.2) is 0 Å². The van der Waals surface area contributed by atoms with Gasteiger partial charge in [0.05, 0.1) is 12.2 Å². The summed E-state index contributed by atoms with van der Waals surface area (Å²) in [6.45, 7) is 2.55. The van der Waals surface area contributed by atoms with Gasteiger partial charge in [0.2, 0.25) is 0 Å². The maximum Gasteiger partial charge on any atom is 0.0953 e. The van der Waals surface area contributed by atoms with E-state index in [1.54, 1.807) is 0 Å². The predicted molar refractivity (Wildman–Crippen MR) is 82.8 cm³/mol. The molecule has 1 aromatic carbocycles. The minimum Gasteiger partial charge on any atom is -0.381 e. The summed E-state index contributed by atoms with van der Waals surface area (Å²) in [6, 6.07) is 9.17. The summed E-state index contributed by atoms with van der Waals surface area (Å²) >= 11 is 3.55. The third kappa shape index (κ3) is 4.29. The minimum absolute atomic E-state index is 0.135. The molecule has 2 fully saturated rings. The molecule has 1 aliphatic heterocycles. The fourth-order valence-corrected chi connectivity index (χ4v) is 2.97. The van der Waals surface area contributed by atoms with Gasteiger partial charge in [0, 0.05) is 30.3 Å². The van der Waals surface area contributed by atoms with Crippen LogP contribution in [-0.4, -0.2) is 31.9 Å². The number of hydrogen-bond donors (Lipinski definition) is 1. The van der Waals surface area contributed by atoms with Crippen LogP contribution < -0.4 is 5.32 Å². The van der Waals surface area contributed by atoms with E-state index in [0.717, 1.165) is 37.1 Å². The molecule has 1 N–H and O–H groups in total. The molecule has 0 bridgehead atoms. The molecule has 1 aromatic rings. The zero-order chi connectivity index (χ0) is 13.8. The minimum atomic E-state index is 0.135. The van der Waals surface area contributed by atoms with E-state index in [9.17, 15) is 0 Å². The van der Waals surface area contributed by atoms with E-state index in [0.29, 0.717) is 12.1 Å². The van der Waals surface area contributed by atoms with E-state index in [-0.39, 0.29) is 6.10 Å². The molecule has 1 atom stereocenters. The molecular formula is C16H22BrNO2. The lowest BCUT2D eigenvalue weighted by Crippen LogP contribution is -2.31. The smallest absolute Gasteiger partial charge is 0.0953 e. The lowest BCUT2D eigenvalue weighted by Gasteiger charge is -2.28. The van der Waals surface area contributed by atoms with E-state index >= 15 is 0 Å². The van der Waals surface area contributed by atoms with Crippen molar-refractivity contribution in [3.05, 3.63) is 34.3 Å². The first kappa shape index (κ1) is 14.5. The van der Waals surface area contributed by atoms with Gasteiger partial charge in [-0.1, -0.05) is 28.1 Å². The van der Waals surface area contributed by atoms with Gasteiger partial charge in [0.25, 0.3) is 0 Å². The van der Waals surface area contributed by atoms with E-state index in [2.05, 4.69) is 45.5 Å². The van der Waals surface area contributed by atoms with Crippen molar-refractivity contribution in [2.24, 2.45) is 0 Å². The second-order valence-electron chi connectivity index (χ2n) is 5.67. The Balaban J connectivity index is 1.64. The maximum atomic E-state index is 6.35. The first-order valence-electron chi connectivity index (χ1n) is 7.53. The molecule has 1 unspecified atom stereocenters. The van der Waals surface area contributed by atoms with Crippen molar-refractivity contribution in [3.8, 4) is 0 Å². The van der Waals surface area contributed by atoms with Crippen molar-refractivity contribution in [2.75, 3.05) is 19.8 Å². The van der Waals surface area contributed by atoms with Gasteiger partial charge in [0.1, 0.15) is 0 Å². The summed E-state index contributed by atoms with van der Waals surface area (Å²) in [5, 5.41) is 3.59. The molecule has 20 heavy (non-hydrogen) atoms. The Kier molecular flexibility index (Phi) is 5.10. The molecule has 0 spiro atoms. The average Bonchev–Trinajstić information content (AvgIpc) is 3.29. The van der Waals surface area contributed by atoms with Gasteiger partial charge in [-0.3, -0.25) is 0 Å². The molecule has 0 aromatic heterocycles. The zero-order valence-corrected chi connectivity index (χ0v) is 13.3. The van der Waals surface area contributed by atoms with Crippen LogP contribution in [0.15, 0.2) is 28.7 Å². The number of halogens is 1. The molecular weight excluding hydrogens is 318 g/mol. The first-order chi connectivity index (χ1) is 9.81. The van der Waals surface area contributed by atoms with Crippen molar-refractivity contribution in [2.45, 2.75) is 43.9 Å². The molecule has 1 heterocycles. The van der Waals surface area contributed by atoms with Crippen LogP contribution in [0.1, 0.15) is 37.4 Å². The van der Waals surface area contributed by atoms with Crippen LogP contribution in [0.3, 0.4) is 0 Å². The van der Waals surface area contributed by atoms with Gasteiger partial charge >= 0.3 is 0 Å². The Hall–Kier alpha value is -0.420. The fraction of sp³-hybridized carbons (Fsp3) is 0.625. The molecule has 2 aliphatic rings. The number of benzene rings is 1. The van der Waals surface area contributed by atoms with Crippen LogP contribution in [0.4, 0.5) is 0 Å². The highest BCUT2D eigenvalue weighted by atomic mass is 79.9. The van der Waals surface area contributed by atoms with Gasteiger partial charge < -0.3 is 14.8 Å². The van der Waals surface area contributed by atoms with Crippen LogP contribution >= 0.6 is 15.9 Å². The SMILES string of the molecule is Brc1cccc(C(CNC2CC2)OC2CCOCC2)c1. The first-order valence-corrected chi connectivity index (χ1v) is 8.32. The van der Waals surface area contributed by atoms with Crippen LogP contribution in [0.2, 0.25) is 0 Å². The third-order valence-electron chi connectivity index (χ3n) is 3.91. The lowest BCUT2D eigenvalue weighted by atomic mass is 10.1. The number of rotatable bonds is 6. The molecule has 1 saturated heterocycles. The monoisotopic (exact) mass is 339 g/mol. The Morgan fingerprint density at radius 2 is 2.05 bits per heavy atom. The van der Waals surface area contributed by atoms with Gasteiger partial charge in [-0.15, -0.1) is 0 Å². The molecule has 0 radical (unpaired) electrons. The summed E-state index contributed by atoms with van der Waals surface area (Å²) in [7, 11) is 0.